The number of ketones is 1. The standard InChI is InChI=1S/C8H4INO2.Na/c9-4-1-2-6-5(3-4)7(11)8(12)10-6;/h1-3H,(H,10,11,12);. The van der Waals surface area contributed by atoms with Gasteiger partial charge in [-0.25, -0.2) is 0 Å². The minimum Gasteiger partial charge on any atom is -0.318 e. The minimum atomic E-state index is -0.535. The number of benzene rings is 1. The van der Waals surface area contributed by atoms with Crippen LogP contribution in [0.3, 0.4) is 0 Å². The third-order valence-electron chi connectivity index (χ3n) is 1.68. The van der Waals surface area contributed by atoms with Crippen LogP contribution in [0.4, 0.5) is 5.69 Å². The van der Waals surface area contributed by atoms with Gasteiger partial charge < -0.3 is 5.32 Å². The molecule has 3 nitrogen and oxygen atoms in total. The molecule has 1 aliphatic heterocycles. The van der Waals surface area contributed by atoms with E-state index in [-0.39, 0.29) is 29.6 Å². The summed E-state index contributed by atoms with van der Waals surface area (Å²) < 4.78 is 0.955. The smallest absolute Gasteiger partial charge is 0.296 e. The Morgan fingerprint density at radius 2 is 1.92 bits per heavy atom. The third-order valence-corrected chi connectivity index (χ3v) is 2.35. The van der Waals surface area contributed by atoms with Gasteiger partial charge in [0, 0.05) is 33.1 Å². The number of Topliss-reactive ketones (excluding diaryl/α,β-unsaturated/α-hetero) is 1. The van der Waals surface area contributed by atoms with Crippen LogP contribution in [0.2, 0.25) is 0 Å². The molecule has 5 heteroatoms. The first kappa shape index (κ1) is 11.2. The van der Waals surface area contributed by atoms with Crippen LogP contribution in [-0.4, -0.2) is 41.2 Å². The zero-order valence-corrected chi connectivity index (χ0v) is 11.1. The fourth-order valence-electron chi connectivity index (χ4n) is 1.11. The van der Waals surface area contributed by atoms with Gasteiger partial charge in [0.25, 0.3) is 11.7 Å². The first-order valence-electron chi connectivity index (χ1n) is 3.34. The average molecular weight is 296 g/mol. The number of amides is 1. The monoisotopic (exact) mass is 296 g/mol. The largest absolute Gasteiger partial charge is 0.318 e. The van der Waals surface area contributed by atoms with E-state index in [4.69, 9.17) is 0 Å². The van der Waals surface area contributed by atoms with E-state index in [9.17, 15) is 9.59 Å². The van der Waals surface area contributed by atoms with E-state index in [2.05, 4.69) is 27.9 Å². The van der Waals surface area contributed by atoms with Gasteiger partial charge in [-0.1, -0.05) is 0 Å². The second-order valence-electron chi connectivity index (χ2n) is 2.47. The van der Waals surface area contributed by atoms with Crippen molar-refractivity contribution >= 4 is 69.5 Å². The molecule has 0 fully saturated rings. The molecular formula is C8H4INNaO2. The van der Waals surface area contributed by atoms with Crippen molar-refractivity contribution in [3.63, 3.8) is 0 Å². The van der Waals surface area contributed by atoms with Gasteiger partial charge in [-0.05, 0) is 40.8 Å². The van der Waals surface area contributed by atoms with Crippen molar-refractivity contribution in [1.29, 1.82) is 0 Å². The summed E-state index contributed by atoms with van der Waals surface area (Å²) in [6.45, 7) is 0. The van der Waals surface area contributed by atoms with Crippen LogP contribution >= 0.6 is 22.6 Å². The van der Waals surface area contributed by atoms with E-state index in [1.807, 2.05) is 6.07 Å². The molecule has 1 aromatic rings. The molecule has 1 N–H and O–H groups in total. The van der Waals surface area contributed by atoms with E-state index >= 15 is 0 Å². The van der Waals surface area contributed by atoms with Crippen LogP contribution in [-0.2, 0) is 4.79 Å². The first-order valence-corrected chi connectivity index (χ1v) is 4.41. The van der Waals surface area contributed by atoms with Crippen LogP contribution in [0.1, 0.15) is 10.4 Å². The summed E-state index contributed by atoms with van der Waals surface area (Å²) >= 11 is 2.10. The van der Waals surface area contributed by atoms with Gasteiger partial charge in [0.15, 0.2) is 0 Å². The maximum atomic E-state index is 11.1. The molecular weight excluding hydrogens is 292 g/mol. The maximum absolute atomic E-state index is 11.1. The van der Waals surface area contributed by atoms with Crippen LogP contribution in [0.15, 0.2) is 18.2 Å². The molecule has 0 spiro atoms. The molecule has 0 bridgehead atoms. The SMILES string of the molecule is O=C1Nc2ccc(I)cc2C1=O.[Na]. The topological polar surface area (TPSA) is 46.2 Å². The molecule has 0 aliphatic carbocycles. The molecule has 61 valence electrons. The van der Waals surface area contributed by atoms with Crippen molar-refractivity contribution < 1.29 is 9.59 Å². The van der Waals surface area contributed by atoms with Crippen molar-refractivity contribution in [1.82, 2.24) is 0 Å². The molecule has 2 rings (SSSR count). The van der Waals surface area contributed by atoms with Gasteiger partial charge in [0.05, 0.1) is 11.3 Å². The Balaban J connectivity index is 0.000000845. The molecule has 0 unspecified atom stereocenters. The Morgan fingerprint density at radius 1 is 1.23 bits per heavy atom. The fraction of sp³-hybridized carbons (Fsp3) is 0. The Morgan fingerprint density at radius 3 is 2.62 bits per heavy atom. The number of halogens is 1. The van der Waals surface area contributed by atoms with Gasteiger partial charge in [0.1, 0.15) is 0 Å². The number of carbonyl (C=O) groups excluding carboxylic acids is 2. The minimum absolute atomic E-state index is 0. The molecule has 1 radical (unpaired) electrons. The quantitative estimate of drug-likeness (QED) is 0.442. The summed E-state index contributed by atoms with van der Waals surface area (Å²) in [6.07, 6.45) is 0. The molecule has 1 aromatic carbocycles. The van der Waals surface area contributed by atoms with E-state index < -0.39 is 11.7 Å². The molecule has 0 aromatic heterocycles. The van der Waals surface area contributed by atoms with Crippen LogP contribution in [0.25, 0.3) is 0 Å². The number of carbonyl (C=O) groups is 2. The average Bonchev–Trinajstić information content (AvgIpc) is 2.31. The Bertz CT molecular complexity index is 392. The Hall–Kier alpha value is 0.0900. The third kappa shape index (κ3) is 1.96. The second-order valence-corrected chi connectivity index (χ2v) is 3.72. The number of rotatable bonds is 0. The van der Waals surface area contributed by atoms with Crippen LogP contribution in [0.5, 0.6) is 0 Å². The summed E-state index contributed by atoms with van der Waals surface area (Å²) in [4.78, 5) is 22.0. The Labute approximate surface area is 111 Å². The van der Waals surface area contributed by atoms with Crippen molar-refractivity contribution in [3.8, 4) is 0 Å². The second kappa shape index (κ2) is 4.08. The van der Waals surface area contributed by atoms with E-state index in [1.54, 1.807) is 12.1 Å². The predicted molar refractivity (Wildman–Crippen MR) is 57.9 cm³/mol. The van der Waals surface area contributed by atoms with Crippen LogP contribution in [0, 0.1) is 3.57 Å². The normalized spacial score (nSPS) is 13.3. The van der Waals surface area contributed by atoms with Crippen molar-refractivity contribution in [2.45, 2.75) is 0 Å². The number of nitrogens with one attached hydrogen (secondary N) is 1. The number of hydrogen-bond acceptors (Lipinski definition) is 2. The molecule has 0 saturated heterocycles. The van der Waals surface area contributed by atoms with Gasteiger partial charge in [0.2, 0.25) is 0 Å². The number of fused-ring (bicyclic) bond motifs is 1. The van der Waals surface area contributed by atoms with Crippen molar-refractivity contribution in [2.24, 2.45) is 0 Å². The molecule has 1 aliphatic rings. The number of hydrogen-bond donors (Lipinski definition) is 1. The molecule has 1 amide bonds. The first-order chi connectivity index (χ1) is 5.68. The van der Waals surface area contributed by atoms with E-state index in [0.717, 1.165) is 3.57 Å². The summed E-state index contributed by atoms with van der Waals surface area (Å²) in [5.74, 6) is -0.976. The van der Waals surface area contributed by atoms with Gasteiger partial charge in [-0.3, -0.25) is 9.59 Å². The summed E-state index contributed by atoms with van der Waals surface area (Å²) in [7, 11) is 0. The molecule has 0 atom stereocenters. The van der Waals surface area contributed by atoms with E-state index in [1.165, 1.54) is 0 Å². The van der Waals surface area contributed by atoms with Gasteiger partial charge in [-0.2, -0.15) is 0 Å². The zero-order valence-electron chi connectivity index (χ0n) is 6.93. The van der Waals surface area contributed by atoms with Gasteiger partial charge in [-0.15, -0.1) is 0 Å². The molecule has 13 heavy (non-hydrogen) atoms. The van der Waals surface area contributed by atoms with Crippen molar-refractivity contribution in [2.75, 3.05) is 5.32 Å². The van der Waals surface area contributed by atoms with Gasteiger partial charge >= 0.3 is 0 Å². The fourth-order valence-corrected chi connectivity index (χ4v) is 1.61. The van der Waals surface area contributed by atoms with Crippen molar-refractivity contribution in [3.05, 3.63) is 27.3 Å². The summed E-state index contributed by atoms with van der Waals surface area (Å²) in [6, 6.07) is 5.29. The molecule has 0 saturated carbocycles. The van der Waals surface area contributed by atoms with Crippen LogP contribution < -0.4 is 5.32 Å². The number of anilines is 1. The Kier molecular flexibility index (Phi) is 3.50. The predicted octanol–water partition coefficient (Wildman–Crippen LogP) is 1.05. The zero-order chi connectivity index (χ0) is 8.72. The summed E-state index contributed by atoms with van der Waals surface area (Å²) in [5.41, 5.74) is 1.09. The van der Waals surface area contributed by atoms with E-state index in [0.29, 0.717) is 11.3 Å². The maximum Gasteiger partial charge on any atom is 0.296 e. The molecule has 1 heterocycles. The summed E-state index contributed by atoms with van der Waals surface area (Å²) in [5, 5.41) is 2.48.